The molecular weight excluding hydrogens is 442 g/mol. The molecule has 0 fully saturated rings. The van der Waals surface area contributed by atoms with Crippen molar-refractivity contribution in [2.75, 3.05) is 14.2 Å². The molecule has 0 saturated carbocycles. The Bertz CT molecular complexity index is 1560. The SMILES string of the molecule is CCn1c2ccccc2c2cc(C=NNC(=O)c3cc(-c4ccc(OC)c(OC)c4)n[nH]3)ccc21. The van der Waals surface area contributed by atoms with Crippen molar-refractivity contribution in [3.63, 3.8) is 0 Å². The molecule has 0 aliphatic carbocycles. The highest BCUT2D eigenvalue weighted by Crippen LogP contribution is 2.32. The molecule has 0 atom stereocenters. The molecule has 2 aromatic heterocycles. The molecule has 0 radical (unpaired) electrons. The number of rotatable bonds is 7. The summed E-state index contributed by atoms with van der Waals surface area (Å²) in [6, 6.07) is 21.6. The Balaban J connectivity index is 1.33. The molecule has 8 heteroatoms. The molecule has 5 rings (SSSR count). The molecule has 0 spiro atoms. The number of nitrogens with one attached hydrogen (secondary N) is 2. The van der Waals surface area contributed by atoms with Crippen LogP contribution in [-0.2, 0) is 6.54 Å². The summed E-state index contributed by atoms with van der Waals surface area (Å²) in [4.78, 5) is 12.6. The molecule has 0 aliphatic rings. The first kappa shape index (κ1) is 22.2. The molecule has 0 unspecified atom stereocenters. The molecule has 2 heterocycles. The predicted molar refractivity (Wildman–Crippen MR) is 137 cm³/mol. The number of carbonyl (C=O) groups is 1. The van der Waals surface area contributed by atoms with Gasteiger partial charge >= 0.3 is 0 Å². The smallest absolute Gasteiger partial charge is 0.289 e. The van der Waals surface area contributed by atoms with Crippen LogP contribution in [0.2, 0.25) is 0 Å². The second kappa shape index (κ2) is 9.34. The first-order chi connectivity index (χ1) is 17.1. The van der Waals surface area contributed by atoms with Crippen LogP contribution in [0.15, 0.2) is 71.8 Å². The van der Waals surface area contributed by atoms with Crippen molar-refractivity contribution in [1.82, 2.24) is 20.2 Å². The lowest BCUT2D eigenvalue weighted by atomic mass is 10.1. The van der Waals surface area contributed by atoms with Gasteiger partial charge in [-0.15, -0.1) is 0 Å². The maximum atomic E-state index is 12.6. The van der Waals surface area contributed by atoms with E-state index in [1.54, 1.807) is 38.6 Å². The number of amides is 1. The number of hydrogen-bond acceptors (Lipinski definition) is 5. The summed E-state index contributed by atoms with van der Waals surface area (Å²) >= 11 is 0. The number of H-pyrrole nitrogens is 1. The Morgan fingerprint density at radius 1 is 1.00 bits per heavy atom. The second-order valence-corrected chi connectivity index (χ2v) is 7.97. The Morgan fingerprint density at radius 3 is 2.60 bits per heavy atom. The van der Waals surface area contributed by atoms with Crippen LogP contribution in [0.25, 0.3) is 33.1 Å². The minimum atomic E-state index is -0.385. The van der Waals surface area contributed by atoms with E-state index in [0.717, 1.165) is 23.1 Å². The third kappa shape index (κ3) is 4.10. The minimum absolute atomic E-state index is 0.299. The lowest BCUT2D eigenvalue weighted by molar-refractivity contribution is 0.0950. The van der Waals surface area contributed by atoms with Crippen LogP contribution in [0, 0.1) is 0 Å². The fourth-order valence-electron chi connectivity index (χ4n) is 4.30. The zero-order valence-corrected chi connectivity index (χ0v) is 19.7. The molecule has 8 nitrogen and oxygen atoms in total. The van der Waals surface area contributed by atoms with E-state index in [9.17, 15) is 4.79 Å². The van der Waals surface area contributed by atoms with Gasteiger partial charge in [0.25, 0.3) is 5.91 Å². The average Bonchev–Trinajstić information content (AvgIpc) is 3.51. The van der Waals surface area contributed by atoms with E-state index in [1.165, 1.54) is 16.4 Å². The number of benzene rings is 3. The van der Waals surface area contributed by atoms with Gasteiger partial charge in [0.15, 0.2) is 11.5 Å². The highest BCUT2D eigenvalue weighted by atomic mass is 16.5. The van der Waals surface area contributed by atoms with Gasteiger partial charge in [-0.05, 0) is 55.0 Å². The maximum Gasteiger partial charge on any atom is 0.289 e. The number of nitrogens with zero attached hydrogens (tertiary/aromatic N) is 3. The first-order valence-corrected chi connectivity index (χ1v) is 11.2. The summed E-state index contributed by atoms with van der Waals surface area (Å²) in [6.45, 7) is 3.03. The minimum Gasteiger partial charge on any atom is -0.493 e. The number of ether oxygens (including phenoxy) is 2. The van der Waals surface area contributed by atoms with E-state index < -0.39 is 0 Å². The standard InChI is InChI=1S/C27H25N5O3/c1-4-32-23-8-6-5-7-19(23)20-13-17(9-11-24(20)32)16-28-31-27(33)22-15-21(29-30-22)18-10-12-25(34-2)26(14-18)35-3/h5-16H,4H2,1-3H3,(H,29,30)(H,31,33). The van der Waals surface area contributed by atoms with E-state index >= 15 is 0 Å². The lowest BCUT2D eigenvalue weighted by Gasteiger charge is -2.08. The van der Waals surface area contributed by atoms with Gasteiger partial charge in [0.05, 0.1) is 26.1 Å². The van der Waals surface area contributed by atoms with Crippen molar-refractivity contribution in [3.8, 4) is 22.8 Å². The van der Waals surface area contributed by atoms with Crippen LogP contribution >= 0.6 is 0 Å². The van der Waals surface area contributed by atoms with Crippen molar-refractivity contribution in [3.05, 3.63) is 78.0 Å². The van der Waals surface area contributed by atoms with Gasteiger partial charge < -0.3 is 14.0 Å². The number of hydrazone groups is 1. The molecule has 2 N–H and O–H groups in total. The van der Waals surface area contributed by atoms with Crippen LogP contribution in [0.1, 0.15) is 23.0 Å². The third-order valence-corrected chi connectivity index (χ3v) is 5.99. The second-order valence-electron chi connectivity index (χ2n) is 7.97. The topological polar surface area (TPSA) is 93.5 Å². The van der Waals surface area contributed by atoms with E-state index in [-0.39, 0.29) is 5.91 Å². The summed E-state index contributed by atoms with van der Waals surface area (Å²) in [7, 11) is 3.15. The van der Waals surface area contributed by atoms with E-state index in [0.29, 0.717) is 22.9 Å². The highest BCUT2D eigenvalue weighted by molar-refractivity contribution is 6.09. The molecule has 0 bridgehead atoms. The van der Waals surface area contributed by atoms with Crippen molar-refractivity contribution >= 4 is 33.9 Å². The van der Waals surface area contributed by atoms with E-state index in [1.807, 2.05) is 18.2 Å². The normalized spacial score (nSPS) is 11.4. The Labute approximate surface area is 202 Å². The summed E-state index contributed by atoms with van der Waals surface area (Å²) in [5.41, 5.74) is 7.54. The number of aromatic amines is 1. The lowest BCUT2D eigenvalue weighted by Crippen LogP contribution is -2.18. The van der Waals surface area contributed by atoms with Gasteiger partial charge in [-0.2, -0.15) is 10.2 Å². The van der Waals surface area contributed by atoms with Gasteiger partial charge in [0, 0.05) is 33.9 Å². The first-order valence-electron chi connectivity index (χ1n) is 11.2. The van der Waals surface area contributed by atoms with Crippen LogP contribution in [0.4, 0.5) is 0 Å². The molecular formula is C27H25N5O3. The average molecular weight is 468 g/mol. The number of methoxy groups -OCH3 is 2. The number of carbonyl (C=O) groups excluding carboxylic acids is 1. The van der Waals surface area contributed by atoms with Crippen LogP contribution < -0.4 is 14.9 Å². The predicted octanol–water partition coefficient (Wildman–Crippen LogP) is 4.99. The molecule has 35 heavy (non-hydrogen) atoms. The highest BCUT2D eigenvalue weighted by Gasteiger charge is 2.13. The van der Waals surface area contributed by atoms with Gasteiger partial charge in [0.1, 0.15) is 5.69 Å². The van der Waals surface area contributed by atoms with E-state index in [2.05, 4.69) is 62.5 Å². The van der Waals surface area contributed by atoms with Crippen LogP contribution in [0.5, 0.6) is 11.5 Å². The molecule has 0 saturated heterocycles. The van der Waals surface area contributed by atoms with Crippen molar-refractivity contribution in [2.24, 2.45) is 5.10 Å². The zero-order chi connectivity index (χ0) is 24.4. The van der Waals surface area contributed by atoms with Gasteiger partial charge in [-0.25, -0.2) is 5.43 Å². The monoisotopic (exact) mass is 467 g/mol. The summed E-state index contributed by atoms with van der Waals surface area (Å²) in [6.07, 6.45) is 1.64. The van der Waals surface area contributed by atoms with Gasteiger partial charge in [0.2, 0.25) is 0 Å². The van der Waals surface area contributed by atoms with Gasteiger partial charge in [-0.3, -0.25) is 9.89 Å². The fraction of sp³-hybridized carbons (Fsp3) is 0.148. The molecule has 1 amide bonds. The zero-order valence-electron chi connectivity index (χ0n) is 19.7. The Hall–Kier alpha value is -4.59. The largest absolute Gasteiger partial charge is 0.493 e. The number of para-hydroxylation sites is 1. The van der Waals surface area contributed by atoms with Crippen molar-refractivity contribution in [1.29, 1.82) is 0 Å². The quantitative estimate of drug-likeness (QED) is 0.261. The maximum absolute atomic E-state index is 12.6. The molecule has 3 aromatic carbocycles. The number of hydrogen-bond donors (Lipinski definition) is 2. The molecule has 0 aliphatic heterocycles. The number of aromatic nitrogens is 3. The van der Waals surface area contributed by atoms with E-state index in [4.69, 9.17) is 9.47 Å². The van der Waals surface area contributed by atoms with Crippen LogP contribution in [0.3, 0.4) is 0 Å². The fourth-order valence-corrected chi connectivity index (χ4v) is 4.30. The van der Waals surface area contributed by atoms with Gasteiger partial charge in [-0.1, -0.05) is 24.3 Å². The van der Waals surface area contributed by atoms with Crippen molar-refractivity contribution < 1.29 is 14.3 Å². The summed E-state index contributed by atoms with van der Waals surface area (Å²) in [5.74, 6) is 0.823. The molecule has 176 valence electrons. The number of aryl methyl sites for hydroxylation is 1. The Kier molecular flexibility index (Phi) is 5.93. The Morgan fingerprint density at radius 2 is 1.80 bits per heavy atom. The van der Waals surface area contributed by atoms with Crippen LogP contribution in [-0.4, -0.2) is 41.1 Å². The van der Waals surface area contributed by atoms with Crippen molar-refractivity contribution in [2.45, 2.75) is 13.5 Å². The summed E-state index contributed by atoms with van der Waals surface area (Å²) in [5, 5.41) is 13.5. The molecule has 5 aromatic rings. The number of fused-ring (bicyclic) bond motifs is 3. The third-order valence-electron chi connectivity index (χ3n) is 5.99. The summed E-state index contributed by atoms with van der Waals surface area (Å²) < 4.78 is 12.9.